The summed E-state index contributed by atoms with van der Waals surface area (Å²) >= 11 is 1.42. The quantitative estimate of drug-likeness (QED) is 0.783. The van der Waals surface area contributed by atoms with E-state index >= 15 is 0 Å². The van der Waals surface area contributed by atoms with Crippen molar-refractivity contribution in [3.63, 3.8) is 0 Å². The maximum absolute atomic E-state index is 11.7. The third-order valence-electron chi connectivity index (χ3n) is 1.87. The second-order valence-electron chi connectivity index (χ2n) is 2.81. The molecule has 0 bridgehead atoms. The Balaban J connectivity index is 2.28. The van der Waals surface area contributed by atoms with Crippen LogP contribution in [0.15, 0.2) is 35.1 Å². The van der Waals surface area contributed by atoms with Gasteiger partial charge in [0.2, 0.25) is 5.78 Å². The van der Waals surface area contributed by atoms with E-state index in [1.807, 2.05) is 6.07 Å². The van der Waals surface area contributed by atoms with Gasteiger partial charge in [-0.25, -0.2) is 0 Å². The van der Waals surface area contributed by atoms with Crippen LogP contribution in [-0.4, -0.2) is 5.78 Å². The van der Waals surface area contributed by atoms with E-state index in [0.717, 1.165) is 4.88 Å². The summed E-state index contributed by atoms with van der Waals surface area (Å²) in [6.45, 7) is 0.476. The van der Waals surface area contributed by atoms with Gasteiger partial charge in [-0.1, -0.05) is 0 Å². The van der Waals surface area contributed by atoms with Crippen LogP contribution < -0.4 is 5.73 Å². The fraction of sp³-hybridized carbons (Fsp3) is 0.100. The van der Waals surface area contributed by atoms with E-state index in [1.165, 1.54) is 23.9 Å². The molecule has 0 spiro atoms. The molecule has 4 heteroatoms. The number of carbonyl (C=O) groups is 1. The van der Waals surface area contributed by atoms with E-state index < -0.39 is 0 Å². The second kappa shape index (κ2) is 3.77. The third kappa shape index (κ3) is 1.62. The van der Waals surface area contributed by atoms with Crippen LogP contribution in [0.25, 0.3) is 0 Å². The van der Waals surface area contributed by atoms with Crippen molar-refractivity contribution >= 4 is 17.1 Å². The predicted octanol–water partition coefficient (Wildman–Crippen LogP) is 2.03. The third-order valence-corrected chi connectivity index (χ3v) is 2.98. The van der Waals surface area contributed by atoms with Gasteiger partial charge < -0.3 is 10.2 Å². The largest absolute Gasteiger partial charge is 0.472 e. The molecule has 14 heavy (non-hydrogen) atoms. The first-order chi connectivity index (χ1) is 6.81. The lowest BCUT2D eigenvalue weighted by Crippen LogP contribution is -1.95. The van der Waals surface area contributed by atoms with E-state index in [-0.39, 0.29) is 5.78 Å². The summed E-state index contributed by atoms with van der Waals surface area (Å²) in [6, 6.07) is 5.32. The second-order valence-corrected chi connectivity index (χ2v) is 3.98. The van der Waals surface area contributed by atoms with Gasteiger partial charge in [-0.15, -0.1) is 11.3 Å². The minimum Gasteiger partial charge on any atom is -0.472 e. The van der Waals surface area contributed by atoms with E-state index in [2.05, 4.69) is 0 Å². The molecule has 0 aliphatic heterocycles. The van der Waals surface area contributed by atoms with Crippen LogP contribution in [-0.2, 0) is 6.54 Å². The van der Waals surface area contributed by atoms with Crippen molar-refractivity contribution < 1.29 is 9.21 Å². The molecular weight excluding hydrogens is 198 g/mol. The van der Waals surface area contributed by atoms with Gasteiger partial charge in [0.1, 0.15) is 6.26 Å². The van der Waals surface area contributed by atoms with Gasteiger partial charge in [-0.2, -0.15) is 0 Å². The zero-order chi connectivity index (χ0) is 9.97. The monoisotopic (exact) mass is 207 g/mol. The van der Waals surface area contributed by atoms with Crippen LogP contribution in [0.5, 0.6) is 0 Å². The van der Waals surface area contributed by atoms with E-state index in [4.69, 9.17) is 10.2 Å². The molecule has 0 unspecified atom stereocenters. The van der Waals surface area contributed by atoms with Crippen molar-refractivity contribution in [2.45, 2.75) is 6.54 Å². The number of furan rings is 1. The molecule has 2 aromatic heterocycles. The van der Waals surface area contributed by atoms with Crippen LogP contribution in [0.2, 0.25) is 0 Å². The molecule has 0 atom stereocenters. The van der Waals surface area contributed by atoms with Crippen molar-refractivity contribution in [2.75, 3.05) is 0 Å². The molecule has 0 amide bonds. The summed E-state index contributed by atoms with van der Waals surface area (Å²) in [5, 5.41) is 0. The highest BCUT2D eigenvalue weighted by molar-refractivity contribution is 7.14. The summed E-state index contributed by atoms with van der Waals surface area (Å²) in [6.07, 6.45) is 2.94. The van der Waals surface area contributed by atoms with E-state index in [1.54, 1.807) is 12.1 Å². The lowest BCUT2D eigenvalue weighted by Gasteiger charge is -1.90. The highest BCUT2D eigenvalue weighted by Gasteiger charge is 2.12. The van der Waals surface area contributed by atoms with Gasteiger partial charge in [0.05, 0.1) is 16.7 Å². The zero-order valence-corrected chi connectivity index (χ0v) is 8.21. The first kappa shape index (κ1) is 9.18. The predicted molar refractivity (Wildman–Crippen MR) is 54.4 cm³/mol. The van der Waals surface area contributed by atoms with Gasteiger partial charge in [0, 0.05) is 11.4 Å². The number of ketones is 1. The molecule has 0 aliphatic carbocycles. The Bertz CT molecular complexity index is 431. The van der Waals surface area contributed by atoms with E-state index in [9.17, 15) is 4.79 Å². The lowest BCUT2D eigenvalue weighted by molar-refractivity contribution is 0.104. The minimum atomic E-state index is -0.0107. The van der Waals surface area contributed by atoms with Gasteiger partial charge in [-0.3, -0.25) is 4.79 Å². The van der Waals surface area contributed by atoms with Crippen LogP contribution in [0, 0.1) is 0 Å². The summed E-state index contributed by atoms with van der Waals surface area (Å²) in [5.41, 5.74) is 6.04. The van der Waals surface area contributed by atoms with Crippen molar-refractivity contribution in [1.82, 2.24) is 0 Å². The molecule has 2 N–H and O–H groups in total. The summed E-state index contributed by atoms with van der Waals surface area (Å²) in [5.74, 6) is -0.0107. The highest BCUT2D eigenvalue weighted by atomic mass is 32.1. The van der Waals surface area contributed by atoms with Gasteiger partial charge in [0.25, 0.3) is 0 Å². The van der Waals surface area contributed by atoms with Gasteiger partial charge in [0.15, 0.2) is 0 Å². The maximum Gasteiger partial charge on any atom is 0.206 e. The van der Waals surface area contributed by atoms with Crippen LogP contribution >= 0.6 is 11.3 Å². The smallest absolute Gasteiger partial charge is 0.206 e. The Kier molecular flexibility index (Phi) is 2.47. The number of thiophene rings is 1. The molecule has 2 rings (SSSR count). The SMILES string of the molecule is NCc1ccc(C(=O)c2ccoc2)s1. The average molecular weight is 207 g/mol. The molecule has 2 aromatic rings. The molecule has 0 aliphatic rings. The van der Waals surface area contributed by atoms with E-state index in [0.29, 0.717) is 17.0 Å². The first-order valence-electron chi connectivity index (χ1n) is 4.17. The molecule has 0 saturated carbocycles. The molecular formula is C10H9NO2S. The Labute approximate surface area is 85.2 Å². The van der Waals surface area contributed by atoms with Gasteiger partial charge in [-0.05, 0) is 18.2 Å². The summed E-state index contributed by atoms with van der Waals surface area (Å²) < 4.78 is 4.85. The van der Waals surface area contributed by atoms with Crippen molar-refractivity contribution in [1.29, 1.82) is 0 Å². The molecule has 0 aromatic carbocycles. The number of hydrogen-bond donors (Lipinski definition) is 1. The summed E-state index contributed by atoms with van der Waals surface area (Å²) in [7, 11) is 0. The Morgan fingerprint density at radius 3 is 2.86 bits per heavy atom. The van der Waals surface area contributed by atoms with Crippen LogP contribution in [0.4, 0.5) is 0 Å². The fourth-order valence-corrected chi connectivity index (χ4v) is 1.99. The molecule has 2 heterocycles. The first-order valence-corrected chi connectivity index (χ1v) is 4.98. The number of carbonyl (C=O) groups excluding carboxylic acids is 1. The lowest BCUT2D eigenvalue weighted by atomic mass is 10.2. The highest BCUT2D eigenvalue weighted by Crippen LogP contribution is 2.19. The standard InChI is InChI=1S/C10H9NO2S/c11-5-8-1-2-9(14-8)10(12)7-3-4-13-6-7/h1-4,6H,5,11H2. The van der Waals surface area contributed by atoms with Crippen LogP contribution in [0.1, 0.15) is 20.1 Å². The molecule has 0 fully saturated rings. The normalized spacial score (nSPS) is 10.4. The van der Waals surface area contributed by atoms with Crippen molar-refractivity contribution in [3.8, 4) is 0 Å². The summed E-state index contributed by atoms with van der Waals surface area (Å²) in [4.78, 5) is 13.5. The number of rotatable bonds is 3. The van der Waals surface area contributed by atoms with Gasteiger partial charge >= 0.3 is 0 Å². The minimum absolute atomic E-state index is 0.0107. The average Bonchev–Trinajstić information content (AvgIpc) is 2.88. The fourth-order valence-electron chi connectivity index (χ4n) is 1.15. The van der Waals surface area contributed by atoms with Crippen molar-refractivity contribution in [3.05, 3.63) is 46.0 Å². The maximum atomic E-state index is 11.7. The molecule has 3 nitrogen and oxygen atoms in total. The molecule has 72 valence electrons. The van der Waals surface area contributed by atoms with Crippen LogP contribution in [0.3, 0.4) is 0 Å². The topological polar surface area (TPSA) is 56.2 Å². The number of hydrogen-bond acceptors (Lipinski definition) is 4. The molecule has 0 radical (unpaired) electrons. The number of nitrogens with two attached hydrogens (primary N) is 1. The zero-order valence-electron chi connectivity index (χ0n) is 7.40. The Morgan fingerprint density at radius 1 is 1.43 bits per heavy atom. The Hall–Kier alpha value is -1.39. The molecule has 0 saturated heterocycles. The Morgan fingerprint density at radius 2 is 2.29 bits per heavy atom. The van der Waals surface area contributed by atoms with Crippen molar-refractivity contribution in [2.24, 2.45) is 5.73 Å².